The zero-order chi connectivity index (χ0) is 27.9. The summed E-state index contributed by atoms with van der Waals surface area (Å²) >= 11 is 6.17. The van der Waals surface area contributed by atoms with Gasteiger partial charge in [-0.05, 0) is 88.3 Å². The Bertz CT molecular complexity index is 1600. The lowest BCUT2D eigenvalue weighted by molar-refractivity contribution is 0.00813. The quantitative estimate of drug-likeness (QED) is 0.243. The first-order valence-corrected chi connectivity index (χ1v) is 13.3. The van der Waals surface area contributed by atoms with Crippen molar-refractivity contribution in [1.29, 1.82) is 5.26 Å². The van der Waals surface area contributed by atoms with Crippen molar-refractivity contribution in [2.45, 2.75) is 31.5 Å². The van der Waals surface area contributed by atoms with Crippen LogP contribution in [0.3, 0.4) is 0 Å². The third-order valence-electron chi connectivity index (χ3n) is 7.13. The summed E-state index contributed by atoms with van der Waals surface area (Å²) in [6.07, 6.45) is 0. The van der Waals surface area contributed by atoms with Crippen molar-refractivity contribution in [3.05, 3.63) is 110 Å². The third-order valence-corrected chi connectivity index (χ3v) is 7.71. The van der Waals surface area contributed by atoms with E-state index in [1.165, 1.54) is 19.9 Å². The van der Waals surface area contributed by atoms with Gasteiger partial charge in [0.15, 0.2) is 0 Å². The fourth-order valence-electron chi connectivity index (χ4n) is 5.56. The largest absolute Gasteiger partial charge is 0.440 e. The predicted octanol–water partition coefficient (Wildman–Crippen LogP) is 6.36. The molecule has 39 heavy (non-hydrogen) atoms. The lowest BCUT2D eigenvalue weighted by Crippen LogP contribution is -2.53. The molecule has 1 saturated heterocycles. The Morgan fingerprint density at radius 2 is 1.82 bits per heavy atom. The molecule has 0 bridgehead atoms. The number of alkyl halides is 1. The molecule has 0 saturated carbocycles. The van der Waals surface area contributed by atoms with Crippen molar-refractivity contribution >= 4 is 21.0 Å². The smallest absolute Gasteiger partial charge is 0.387 e. The number of benzene rings is 3. The Morgan fingerprint density at radius 3 is 2.44 bits per heavy atom. The van der Waals surface area contributed by atoms with Crippen LogP contribution < -0.4 is 5.76 Å². The second-order valence-corrected chi connectivity index (χ2v) is 11.3. The number of likely N-dealkylation sites (tertiary alicyclic amines) is 1. The number of nitrogens with zero attached hydrogens (tertiary/aromatic N) is 4. The van der Waals surface area contributed by atoms with E-state index in [-0.39, 0.29) is 23.4 Å². The van der Waals surface area contributed by atoms with Crippen LogP contribution in [0.4, 0.5) is 8.78 Å². The van der Waals surface area contributed by atoms with Crippen molar-refractivity contribution < 1.29 is 13.2 Å². The molecular weight excluding hydrogens is 541 g/mol. The third kappa shape index (κ3) is 5.67. The molecule has 3 atom stereocenters. The predicted molar refractivity (Wildman–Crippen MR) is 149 cm³/mol. The highest BCUT2D eigenvalue weighted by molar-refractivity contribution is 7.14. The summed E-state index contributed by atoms with van der Waals surface area (Å²) in [5.74, 6) is -1.65. The number of hydrogen-bond acceptors (Lipinski definition) is 5. The fraction of sp³-hybridized carbons (Fsp3) is 0.276. The Labute approximate surface area is 232 Å². The van der Waals surface area contributed by atoms with Gasteiger partial charge in [0.2, 0.25) is 5.89 Å². The first-order valence-electron chi connectivity index (χ1n) is 12.4. The van der Waals surface area contributed by atoms with Crippen LogP contribution in [0.25, 0.3) is 11.5 Å². The van der Waals surface area contributed by atoms with Crippen molar-refractivity contribution in [3.8, 4) is 17.5 Å². The molecule has 1 aromatic heterocycles. The van der Waals surface area contributed by atoms with Crippen LogP contribution in [0.15, 0.2) is 75.9 Å². The molecule has 6 nitrogen and oxygen atoms in total. The van der Waals surface area contributed by atoms with Crippen LogP contribution in [0.2, 0.25) is 5.02 Å². The van der Waals surface area contributed by atoms with Gasteiger partial charge in [-0.3, -0.25) is 4.90 Å². The monoisotopic (exact) mass is 566 g/mol. The molecule has 0 radical (unpaired) electrons. The van der Waals surface area contributed by atoms with Gasteiger partial charge in [0.25, 0.3) is 0 Å². The van der Waals surface area contributed by atoms with Crippen LogP contribution in [0.5, 0.6) is 0 Å². The molecule has 1 fully saturated rings. The first kappa shape index (κ1) is 27.2. The number of nitriles is 1. The van der Waals surface area contributed by atoms with Crippen LogP contribution in [-0.2, 0) is 0 Å². The van der Waals surface area contributed by atoms with Gasteiger partial charge in [-0.2, -0.15) is 9.71 Å². The van der Waals surface area contributed by atoms with E-state index < -0.39 is 23.2 Å². The molecule has 5 rings (SSSR count). The molecule has 1 aliphatic rings. The van der Waals surface area contributed by atoms with Gasteiger partial charge in [0.1, 0.15) is 11.5 Å². The van der Waals surface area contributed by atoms with Gasteiger partial charge in [-0.1, -0.05) is 35.9 Å². The molecule has 1 aliphatic heterocycles. The summed E-state index contributed by atoms with van der Waals surface area (Å²) in [6, 6.07) is 21.0. The summed E-state index contributed by atoms with van der Waals surface area (Å²) in [4.78, 5) is 14.1. The van der Waals surface area contributed by atoms with E-state index in [9.17, 15) is 14.4 Å². The van der Waals surface area contributed by atoms with Crippen molar-refractivity contribution in [2.24, 2.45) is 5.92 Å². The highest BCUT2D eigenvalue weighted by Crippen LogP contribution is 2.46. The maximum atomic E-state index is 15.6. The van der Waals surface area contributed by atoms with E-state index in [0.29, 0.717) is 29.2 Å². The molecular formula is C29H26ClF2N4O2P. The summed E-state index contributed by atoms with van der Waals surface area (Å²) in [7, 11) is 2.19. The van der Waals surface area contributed by atoms with Gasteiger partial charge in [-0.25, -0.2) is 13.6 Å². The number of rotatable bonds is 7. The number of hydrogen-bond donors (Lipinski definition) is 0. The summed E-state index contributed by atoms with van der Waals surface area (Å²) < 4.78 is 36.2. The van der Waals surface area contributed by atoms with E-state index in [0.717, 1.165) is 21.6 Å². The van der Waals surface area contributed by atoms with E-state index in [1.807, 2.05) is 54.6 Å². The standard InChI is InChI=1S/C29H26ClF2N4O2P/c1-29(2,32)25(21-10-17(14-33)11-24(31)13-21)22-15-35(16-22)26(18-6-8-23(30)9-7-18)19-4-3-5-20(12-19)27-34-36(39)28(37)38-27/h3-13,22,25-26H,15-16,39H2,1-2H3/t25-,26+/m1/s1. The van der Waals surface area contributed by atoms with E-state index in [1.54, 1.807) is 6.07 Å². The summed E-state index contributed by atoms with van der Waals surface area (Å²) in [6.45, 7) is 4.08. The molecule has 0 N–H and O–H groups in total. The molecule has 200 valence electrons. The van der Waals surface area contributed by atoms with Crippen LogP contribution in [0.1, 0.15) is 48.1 Å². The van der Waals surface area contributed by atoms with E-state index in [2.05, 4.69) is 19.4 Å². The summed E-state index contributed by atoms with van der Waals surface area (Å²) in [5, 5.41) is 14.1. The molecule has 10 heteroatoms. The average molecular weight is 567 g/mol. The maximum Gasteiger partial charge on any atom is 0.440 e. The van der Waals surface area contributed by atoms with Crippen molar-refractivity contribution in [1.82, 2.24) is 14.5 Å². The van der Waals surface area contributed by atoms with Crippen LogP contribution in [-0.4, -0.2) is 33.2 Å². The first-order chi connectivity index (χ1) is 18.5. The van der Waals surface area contributed by atoms with Gasteiger partial charge >= 0.3 is 5.76 Å². The lowest BCUT2D eigenvalue weighted by Gasteiger charge is -2.50. The Kier molecular flexibility index (Phi) is 7.43. The minimum atomic E-state index is -1.64. The number of aromatic nitrogens is 2. The lowest BCUT2D eigenvalue weighted by atomic mass is 9.72. The Hall–Kier alpha value is -3.37. The minimum absolute atomic E-state index is 0.109. The zero-order valence-electron chi connectivity index (χ0n) is 21.3. The highest BCUT2D eigenvalue weighted by Gasteiger charge is 2.45. The van der Waals surface area contributed by atoms with E-state index in [4.69, 9.17) is 16.0 Å². The molecule has 0 amide bonds. The van der Waals surface area contributed by atoms with Gasteiger partial charge in [0, 0.05) is 29.6 Å². The van der Waals surface area contributed by atoms with Gasteiger partial charge in [-0.15, -0.1) is 5.10 Å². The number of halogens is 3. The SMILES string of the molecule is CC(C)(F)[C@H](c1cc(F)cc(C#N)c1)C1CN([C@@H](c2ccc(Cl)cc2)c2cccc(-c3nn(P)c(=O)o3)c2)C1. The van der Waals surface area contributed by atoms with Gasteiger partial charge in [0.05, 0.1) is 17.7 Å². The zero-order valence-corrected chi connectivity index (χ0v) is 23.2. The Balaban J connectivity index is 1.49. The second-order valence-electron chi connectivity index (χ2n) is 10.3. The molecule has 0 spiro atoms. The second kappa shape index (κ2) is 10.7. The van der Waals surface area contributed by atoms with Crippen LogP contribution >= 0.6 is 21.0 Å². The molecule has 0 aliphatic carbocycles. The normalized spacial score (nSPS) is 15.9. The molecule has 4 aromatic rings. The Morgan fingerprint density at radius 1 is 1.10 bits per heavy atom. The van der Waals surface area contributed by atoms with Crippen molar-refractivity contribution in [2.75, 3.05) is 13.1 Å². The molecule has 2 heterocycles. The van der Waals surface area contributed by atoms with Crippen LogP contribution in [0, 0.1) is 23.1 Å². The van der Waals surface area contributed by atoms with Gasteiger partial charge < -0.3 is 4.42 Å². The van der Waals surface area contributed by atoms with E-state index >= 15 is 4.39 Å². The molecule has 1 unspecified atom stereocenters. The summed E-state index contributed by atoms with van der Waals surface area (Å²) in [5.41, 5.74) is 1.59. The highest BCUT2D eigenvalue weighted by atomic mass is 35.5. The fourth-order valence-corrected chi connectivity index (χ4v) is 5.85. The minimum Gasteiger partial charge on any atom is -0.387 e. The molecule has 3 aromatic carbocycles. The van der Waals surface area contributed by atoms with Crippen molar-refractivity contribution in [3.63, 3.8) is 0 Å². The topological polar surface area (TPSA) is 75.1 Å². The average Bonchev–Trinajstić information content (AvgIpc) is 3.20. The maximum absolute atomic E-state index is 15.6.